The molecule has 1 saturated heterocycles. The number of H-pyrrole nitrogens is 1. The number of nitrogens with one attached hydrogen (secondary N) is 1. The number of morpholine rings is 1. The Bertz CT molecular complexity index is 1200. The number of amides is 1. The van der Waals surface area contributed by atoms with E-state index in [-0.39, 0.29) is 30.5 Å². The third-order valence-corrected chi connectivity index (χ3v) is 8.36. The van der Waals surface area contributed by atoms with E-state index in [0.717, 1.165) is 10.2 Å². The average molecular weight is 450 g/mol. The van der Waals surface area contributed by atoms with Crippen LogP contribution in [0.25, 0.3) is 10.2 Å². The van der Waals surface area contributed by atoms with Gasteiger partial charge in [0.1, 0.15) is 14.6 Å². The zero-order valence-electron chi connectivity index (χ0n) is 17.2. The molecule has 3 aromatic rings. The number of ether oxygens (including phenoxy) is 1. The fraction of sp³-hybridized carbons (Fsp3) is 0.421. The first-order valence-corrected chi connectivity index (χ1v) is 11.7. The van der Waals surface area contributed by atoms with Crippen molar-refractivity contribution in [3.05, 3.63) is 40.2 Å². The fourth-order valence-corrected chi connectivity index (χ4v) is 6.67. The summed E-state index contributed by atoms with van der Waals surface area (Å²) in [6, 6.07) is 3.69. The zero-order chi connectivity index (χ0) is 21.6. The van der Waals surface area contributed by atoms with Gasteiger partial charge in [0.2, 0.25) is 10.0 Å². The predicted molar refractivity (Wildman–Crippen MR) is 113 cm³/mol. The van der Waals surface area contributed by atoms with Gasteiger partial charge in [0.25, 0.3) is 5.91 Å². The van der Waals surface area contributed by atoms with Gasteiger partial charge in [0.05, 0.1) is 24.1 Å². The first-order valence-electron chi connectivity index (χ1n) is 9.44. The number of fused-ring (bicyclic) bond motifs is 1. The van der Waals surface area contributed by atoms with Gasteiger partial charge in [0.15, 0.2) is 0 Å². The van der Waals surface area contributed by atoms with Crippen molar-refractivity contribution < 1.29 is 17.9 Å². The van der Waals surface area contributed by atoms with Crippen molar-refractivity contribution in [2.45, 2.75) is 24.8 Å². The van der Waals surface area contributed by atoms with Crippen molar-refractivity contribution in [2.24, 2.45) is 0 Å². The molecule has 1 amide bonds. The van der Waals surface area contributed by atoms with Gasteiger partial charge in [0, 0.05) is 44.3 Å². The summed E-state index contributed by atoms with van der Waals surface area (Å²) in [4.78, 5) is 20.2. The number of aromatic amines is 1. The minimum absolute atomic E-state index is 0.112. The molecule has 4 heterocycles. The maximum Gasteiger partial charge on any atom is 0.263 e. The summed E-state index contributed by atoms with van der Waals surface area (Å²) >= 11 is 1.30. The van der Waals surface area contributed by atoms with Crippen LogP contribution in [0.15, 0.2) is 23.2 Å². The summed E-state index contributed by atoms with van der Waals surface area (Å²) in [6.45, 7) is 3.94. The van der Waals surface area contributed by atoms with Gasteiger partial charge in [-0.25, -0.2) is 13.4 Å². The quantitative estimate of drug-likeness (QED) is 0.653. The minimum atomic E-state index is -3.75. The molecular weight excluding hydrogens is 426 g/mol. The van der Waals surface area contributed by atoms with E-state index in [0.29, 0.717) is 21.8 Å². The fourth-order valence-electron chi connectivity index (χ4n) is 3.70. The molecule has 0 aromatic carbocycles. The Hall–Kier alpha value is -2.34. The molecule has 0 aliphatic carbocycles. The lowest BCUT2D eigenvalue weighted by atomic mass is 10.0. The Kier molecular flexibility index (Phi) is 5.39. The van der Waals surface area contributed by atoms with Gasteiger partial charge >= 0.3 is 0 Å². The normalized spacial score (nSPS) is 18.1. The first kappa shape index (κ1) is 20.9. The largest absolute Gasteiger partial charge is 0.371 e. The summed E-state index contributed by atoms with van der Waals surface area (Å²) in [6.07, 6.45) is 1.10. The molecule has 1 N–H and O–H groups in total. The number of carbonyl (C=O) groups excluding carboxylic acids is 1. The number of hydrogen-bond donors (Lipinski definition) is 1. The van der Waals surface area contributed by atoms with Crippen molar-refractivity contribution in [3.63, 3.8) is 0 Å². The van der Waals surface area contributed by atoms with Crippen LogP contribution in [0.4, 0.5) is 0 Å². The van der Waals surface area contributed by atoms with Crippen molar-refractivity contribution >= 4 is 37.5 Å². The standard InChI is InChI=1S/C19H23N5O4S2/c1-11-17(12(2)22-21-11)30(26,27)24-8-9-28-14(10-24)15-13-6-5-7-20-18(13)29-16(15)19(25)23(3)4/h5-7,14H,8-10H2,1-4H3,(H,21,22)/t14-/m1/s1. The van der Waals surface area contributed by atoms with Gasteiger partial charge in [-0.3, -0.25) is 9.89 Å². The molecule has 1 fully saturated rings. The number of aryl methyl sites for hydroxylation is 2. The topological polar surface area (TPSA) is 108 Å². The van der Waals surface area contributed by atoms with Crippen LogP contribution in [0, 0.1) is 13.8 Å². The summed E-state index contributed by atoms with van der Waals surface area (Å²) in [5, 5.41) is 7.58. The van der Waals surface area contributed by atoms with Gasteiger partial charge in [-0.05, 0) is 19.9 Å². The summed E-state index contributed by atoms with van der Waals surface area (Å²) in [5.41, 5.74) is 1.63. The monoisotopic (exact) mass is 449 g/mol. The lowest BCUT2D eigenvalue weighted by Gasteiger charge is -2.32. The molecule has 0 spiro atoms. The van der Waals surface area contributed by atoms with E-state index in [1.165, 1.54) is 20.5 Å². The maximum absolute atomic E-state index is 13.3. The average Bonchev–Trinajstić information content (AvgIpc) is 3.27. The zero-order valence-corrected chi connectivity index (χ0v) is 18.8. The second-order valence-corrected chi connectivity index (χ2v) is 10.3. The second-order valence-electron chi connectivity index (χ2n) is 7.39. The Morgan fingerprint density at radius 1 is 1.37 bits per heavy atom. The number of sulfonamides is 1. The highest BCUT2D eigenvalue weighted by Gasteiger charge is 2.37. The molecule has 3 aromatic heterocycles. The Labute approximate surface area is 178 Å². The molecule has 0 saturated carbocycles. The van der Waals surface area contributed by atoms with Crippen LogP contribution in [-0.4, -0.2) is 72.5 Å². The summed E-state index contributed by atoms with van der Waals surface area (Å²) < 4.78 is 34.0. The Morgan fingerprint density at radius 2 is 2.13 bits per heavy atom. The number of nitrogens with zero attached hydrogens (tertiary/aromatic N) is 4. The molecule has 9 nitrogen and oxygen atoms in total. The molecule has 1 aliphatic heterocycles. The second kappa shape index (κ2) is 7.73. The molecule has 0 unspecified atom stereocenters. The molecule has 11 heteroatoms. The van der Waals surface area contributed by atoms with Gasteiger partial charge < -0.3 is 9.64 Å². The summed E-state index contributed by atoms with van der Waals surface area (Å²) in [7, 11) is -0.380. The number of rotatable bonds is 4. The Morgan fingerprint density at radius 3 is 2.80 bits per heavy atom. The number of thiophene rings is 1. The van der Waals surface area contributed by atoms with Crippen LogP contribution in [0.5, 0.6) is 0 Å². The van der Waals surface area contributed by atoms with Gasteiger partial charge in [-0.1, -0.05) is 6.07 Å². The smallest absolute Gasteiger partial charge is 0.263 e. The molecule has 1 atom stereocenters. The number of pyridine rings is 1. The molecule has 30 heavy (non-hydrogen) atoms. The number of hydrogen-bond acceptors (Lipinski definition) is 7. The highest BCUT2D eigenvalue weighted by Crippen LogP contribution is 2.38. The number of carbonyl (C=O) groups is 1. The SMILES string of the molecule is Cc1n[nH]c(C)c1S(=O)(=O)N1CCO[C@@H](c2c(C(=O)N(C)C)sc3ncccc23)C1. The van der Waals surface area contributed by atoms with Crippen LogP contribution >= 0.6 is 11.3 Å². The highest BCUT2D eigenvalue weighted by atomic mass is 32.2. The highest BCUT2D eigenvalue weighted by molar-refractivity contribution is 7.89. The van der Waals surface area contributed by atoms with Crippen LogP contribution in [0.2, 0.25) is 0 Å². The number of aromatic nitrogens is 3. The van der Waals surface area contributed by atoms with Crippen LogP contribution in [-0.2, 0) is 14.8 Å². The summed E-state index contributed by atoms with van der Waals surface area (Å²) in [5.74, 6) is -0.155. The lowest BCUT2D eigenvalue weighted by Crippen LogP contribution is -2.42. The predicted octanol–water partition coefficient (Wildman–Crippen LogP) is 2.10. The minimum Gasteiger partial charge on any atom is -0.371 e. The van der Waals surface area contributed by atoms with Crippen molar-refractivity contribution in [1.29, 1.82) is 0 Å². The molecular formula is C19H23N5O4S2. The first-order chi connectivity index (χ1) is 14.2. The maximum atomic E-state index is 13.3. The van der Waals surface area contributed by atoms with E-state index in [9.17, 15) is 13.2 Å². The molecule has 1 aliphatic rings. The van der Waals surface area contributed by atoms with Gasteiger partial charge in [-0.15, -0.1) is 11.3 Å². The molecule has 0 bridgehead atoms. The van der Waals surface area contributed by atoms with Crippen molar-refractivity contribution in [3.8, 4) is 0 Å². The van der Waals surface area contributed by atoms with Crippen LogP contribution < -0.4 is 0 Å². The van der Waals surface area contributed by atoms with Crippen molar-refractivity contribution in [1.82, 2.24) is 24.4 Å². The van der Waals surface area contributed by atoms with Crippen LogP contribution in [0.1, 0.15) is 32.7 Å². The third kappa shape index (κ3) is 3.41. The van der Waals surface area contributed by atoms with E-state index >= 15 is 0 Å². The van der Waals surface area contributed by atoms with E-state index < -0.39 is 16.1 Å². The van der Waals surface area contributed by atoms with Crippen LogP contribution in [0.3, 0.4) is 0 Å². The van der Waals surface area contributed by atoms with E-state index in [1.807, 2.05) is 6.07 Å². The van der Waals surface area contributed by atoms with E-state index in [1.54, 1.807) is 40.2 Å². The molecule has 4 rings (SSSR count). The van der Waals surface area contributed by atoms with E-state index in [2.05, 4.69) is 15.2 Å². The molecule has 160 valence electrons. The van der Waals surface area contributed by atoms with E-state index in [4.69, 9.17) is 4.74 Å². The van der Waals surface area contributed by atoms with Crippen molar-refractivity contribution in [2.75, 3.05) is 33.8 Å². The lowest BCUT2D eigenvalue weighted by molar-refractivity contribution is -0.00205. The third-order valence-electron chi connectivity index (χ3n) is 5.11. The Balaban J connectivity index is 1.76. The molecule has 0 radical (unpaired) electrons. The van der Waals surface area contributed by atoms with Gasteiger partial charge in [-0.2, -0.15) is 9.40 Å².